The van der Waals surface area contributed by atoms with Crippen LogP contribution in [-0.2, 0) is 22.6 Å². The van der Waals surface area contributed by atoms with E-state index in [2.05, 4.69) is 10.6 Å². The largest absolute Gasteiger partial charge is 0.497 e. The monoisotopic (exact) mass is 326 g/mol. The van der Waals surface area contributed by atoms with Gasteiger partial charge in [0.2, 0.25) is 11.8 Å². The lowest BCUT2D eigenvalue weighted by Crippen LogP contribution is -2.37. The van der Waals surface area contributed by atoms with Gasteiger partial charge < -0.3 is 15.4 Å². The zero-order valence-electron chi connectivity index (χ0n) is 14.0. The number of aryl methyl sites for hydroxylation is 1. The van der Waals surface area contributed by atoms with E-state index < -0.39 is 0 Å². The minimum absolute atomic E-state index is 0.0269. The Hall–Kier alpha value is -2.82. The highest BCUT2D eigenvalue weighted by Gasteiger charge is 2.07. The molecular formula is C19H22N2O3. The van der Waals surface area contributed by atoms with Crippen LogP contribution in [0.2, 0.25) is 0 Å². The van der Waals surface area contributed by atoms with Crippen molar-refractivity contribution in [2.45, 2.75) is 19.9 Å². The summed E-state index contributed by atoms with van der Waals surface area (Å²) in [5.74, 6) is 0.349. The molecule has 5 heteroatoms. The van der Waals surface area contributed by atoms with Crippen LogP contribution in [0.5, 0.6) is 5.75 Å². The molecule has 0 aliphatic heterocycles. The zero-order chi connectivity index (χ0) is 17.4. The lowest BCUT2D eigenvalue weighted by atomic mass is 10.1. The molecule has 0 aliphatic carbocycles. The highest BCUT2D eigenvalue weighted by Crippen LogP contribution is 2.11. The molecule has 0 heterocycles. The van der Waals surface area contributed by atoms with Gasteiger partial charge in [0, 0.05) is 6.54 Å². The summed E-state index contributed by atoms with van der Waals surface area (Å²) in [5, 5.41) is 5.43. The second-order valence-corrected chi connectivity index (χ2v) is 5.50. The number of carbonyl (C=O) groups excluding carboxylic acids is 2. The van der Waals surface area contributed by atoms with Gasteiger partial charge in [0.05, 0.1) is 20.1 Å². The average Bonchev–Trinajstić information content (AvgIpc) is 2.60. The van der Waals surface area contributed by atoms with Crippen LogP contribution in [-0.4, -0.2) is 25.5 Å². The summed E-state index contributed by atoms with van der Waals surface area (Å²) in [4.78, 5) is 23.7. The number of amides is 2. The molecule has 0 saturated heterocycles. The van der Waals surface area contributed by atoms with Crippen LogP contribution in [0.3, 0.4) is 0 Å². The molecule has 0 aliphatic rings. The first-order chi connectivity index (χ1) is 11.6. The molecule has 0 radical (unpaired) electrons. The van der Waals surface area contributed by atoms with Crippen molar-refractivity contribution in [2.24, 2.45) is 0 Å². The summed E-state index contributed by atoms with van der Waals surface area (Å²) in [6.07, 6.45) is 0.231. The summed E-state index contributed by atoms with van der Waals surface area (Å²) < 4.78 is 5.07. The smallest absolute Gasteiger partial charge is 0.239 e. The minimum Gasteiger partial charge on any atom is -0.497 e. The predicted octanol–water partition coefficient (Wildman–Crippen LogP) is 1.98. The molecule has 2 amide bonds. The average molecular weight is 326 g/mol. The molecule has 5 nitrogen and oxygen atoms in total. The Morgan fingerprint density at radius 2 is 1.67 bits per heavy atom. The normalized spacial score (nSPS) is 10.1. The molecular weight excluding hydrogens is 304 g/mol. The number of nitrogens with one attached hydrogen (secondary N) is 2. The fourth-order valence-electron chi connectivity index (χ4n) is 2.23. The van der Waals surface area contributed by atoms with E-state index in [4.69, 9.17) is 4.74 Å². The van der Waals surface area contributed by atoms with Crippen molar-refractivity contribution in [1.29, 1.82) is 0 Å². The van der Waals surface area contributed by atoms with Crippen molar-refractivity contribution in [2.75, 3.05) is 13.7 Å². The predicted molar refractivity (Wildman–Crippen MR) is 92.7 cm³/mol. The van der Waals surface area contributed by atoms with Crippen molar-refractivity contribution < 1.29 is 14.3 Å². The fourth-order valence-corrected chi connectivity index (χ4v) is 2.23. The van der Waals surface area contributed by atoms with Crippen LogP contribution in [0.1, 0.15) is 16.7 Å². The van der Waals surface area contributed by atoms with Gasteiger partial charge in [-0.25, -0.2) is 0 Å². The van der Waals surface area contributed by atoms with Gasteiger partial charge in [-0.2, -0.15) is 0 Å². The molecule has 2 aromatic rings. The van der Waals surface area contributed by atoms with E-state index in [0.29, 0.717) is 6.54 Å². The quantitative estimate of drug-likeness (QED) is 0.817. The highest BCUT2D eigenvalue weighted by atomic mass is 16.5. The maximum absolute atomic E-state index is 11.9. The third-order valence-corrected chi connectivity index (χ3v) is 3.71. The zero-order valence-corrected chi connectivity index (χ0v) is 14.0. The number of hydrogen-bond acceptors (Lipinski definition) is 3. The van der Waals surface area contributed by atoms with Crippen molar-refractivity contribution in [3.05, 3.63) is 65.2 Å². The Bertz CT molecular complexity index is 696. The number of benzene rings is 2. The second kappa shape index (κ2) is 8.72. The molecule has 24 heavy (non-hydrogen) atoms. The summed E-state index contributed by atoms with van der Waals surface area (Å²) >= 11 is 0. The maximum Gasteiger partial charge on any atom is 0.239 e. The van der Waals surface area contributed by atoms with Crippen molar-refractivity contribution >= 4 is 11.8 Å². The van der Waals surface area contributed by atoms with Crippen molar-refractivity contribution in [3.8, 4) is 5.75 Å². The lowest BCUT2D eigenvalue weighted by molar-refractivity contribution is -0.125. The number of methoxy groups -OCH3 is 1. The molecule has 0 spiro atoms. The Kier molecular flexibility index (Phi) is 6.37. The third-order valence-electron chi connectivity index (χ3n) is 3.71. The summed E-state index contributed by atoms with van der Waals surface area (Å²) in [6.45, 7) is 2.43. The molecule has 0 aromatic heterocycles. The Morgan fingerprint density at radius 3 is 2.33 bits per heavy atom. The minimum atomic E-state index is -0.207. The second-order valence-electron chi connectivity index (χ2n) is 5.50. The van der Waals surface area contributed by atoms with Crippen LogP contribution in [0.15, 0.2) is 48.5 Å². The van der Waals surface area contributed by atoms with Gasteiger partial charge in [-0.05, 0) is 35.7 Å². The summed E-state index contributed by atoms with van der Waals surface area (Å²) in [5.41, 5.74) is 3.06. The van der Waals surface area contributed by atoms with Crippen LogP contribution >= 0.6 is 0 Å². The van der Waals surface area contributed by atoms with Crippen LogP contribution < -0.4 is 15.4 Å². The van der Waals surface area contributed by atoms with Crippen LogP contribution in [0, 0.1) is 6.92 Å². The van der Waals surface area contributed by atoms with Gasteiger partial charge in [-0.15, -0.1) is 0 Å². The molecule has 0 fully saturated rings. The molecule has 2 aromatic carbocycles. The first kappa shape index (κ1) is 17.5. The molecule has 0 unspecified atom stereocenters. The topological polar surface area (TPSA) is 67.4 Å². The van der Waals surface area contributed by atoms with E-state index in [1.807, 2.05) is 43.3 Å². The number of hydrogen-bond donors (Lipinski definition) is 2. The van der Waals surface area contributed by atoms with E-state index in [9.17, 15) is 9.59 Å². The van der Waals surface area contributed by atoms with E-state index >= 15 is 0 Å². The van der Waals surface area contributed by atoms with E-state index in [1.165, 1.54) is 0 Å². The number of carbonyl (C=O) groups is 2. The number of ether oxygens (including phenoxy) is 1. The Balaban J connectivity index is 1.72. The standard InChI is InChI=1S/C19H22N2O3/c1-14-5-3-4-6-16(14)12-20-19(23)13-21-18(22)11-15-7-9-17(24-2)10-8-15/h3-10H,11-13H2,1-2H3,(H,20,23)(H,21,22). The van der Waals surface area contributed by atoms with E-state index in [-0.39, 0.29) is 24.8 Å². The molecule has 2 rings (SSSR count). The van der Waals surface area contributed by atoms with E-state index in [0.717, 1.165) is 22.4 Å². The highest BCUT2D eigenvalue weighted by molar-refractivity contribution is 5.85. The van der Waals surface area contributed by atoms with Gasteiger partial charge in [0.25, 0.3) is 0 Å². The summed E-state index contributed by atoms with van der Waals surface area (Å²) in [6, 6.07) is 15.1. The first-order valence-corrected chi connectivity index (χ1v) is 7.79. The molecule has 0 atom stereocenters. The van der Waals surface area contributed by atoms with Gasteiger partial charge >= 0.3 is 0 Å². The SMILES string of the molecule is COc1ccc(CC(=O)NCC(=O)NCc2ccccc2C)cc1. The Labute approximate surface area is 142 Å². The van der Waals surface area contributed by atoms with Gasteiger partial charge in [0.1, 0.15) is 5.75 Å². The van der Waals surface area contributed by atoms with Crippen LogP contribution in [0.25, 0.3) is 0 Å². The van der Waals surface area contributed by atoms with Crippen LogP contribution in [0.4, 0.5) is 0 Å². The van der Waals surface area contributed by atoms with Crippen molar-refractivity contribution in [1.82, 2.24) is 10.6 Å². The fraction of sp³-hybridized carbons (Fsp3) is 0.263. The molecule has 2 N–H and O–H groups in total. The first-order valence-electron chi connectivity index (χ1n) is 7.79. The maximum atomic E-state index is 11.9. The third kappa shape index (κ3) is 5.43. The number of rotatable bonds is 7. The molecule has 0 saturated carbocycles. The lowest BCUT2D eigenvalue weighted by Gasteiger charge is -2.09. The van der Waals surface area contributed by atoms with E-state index in [1.54, 1.807) is 19.2 Å². The molecule has 126 valence electrons. The van der Waals surface area contributed by atoms with Gasteiger partial charge in [-0.3, -0.25) is 9.59 Å². The Morgan fingerprint density at radius 1 is 0.958 bits per heavy atom. The summed E-state index contributed by atoms with van der Waals surface area (Å²) in [7, 11) is 1.59. The van der Waals surface area contributed by atoms with Gasteiger partial charge in [-0.1, -0.05) is 36.4 Å². The van der Waals surface area contributed by atoms with Gasteiger partial charge in [0.15, 0.2) is 0 Å². The molecule has 0 bridgehead atoms. The van der Waals surface area contributed by atoms with Crippen molar-refractivity contribution in [3.63, 3.8) is 0 Å².